The quantitative estimate of drug-likeness (QED) is 0.801. The minimum absolute atomic E-state index is 0.576. The minimum Gasteiger partial charge on any atom is -0.315 e. The lowest BCUT2D eigenvalue weighted by molar-refractivity contribution is 0.540. The number of nitrogens with zero attached hydrogens (tertiary/aromatic N) is 1. The predicted octanol–water partition coefficient (Wildman–Crippen LogP) is 2.88. The molecule has 0 aliphatic rings. The third kappa shape index (κ3) is 4.00. The Morgan fingerprint density at radius 2 is 2.07 bits per heavy atom. The number of hydrogen-bond acceptors (Lipinski definition) is 2. The molecule has 1 unspecified atom stereocenters. The van der Waals surface area contributed by atoms with Gasteiger partial charge in [-0.1, -0.05) is 20.8 Å². The van der Waals surface area contributed by atoms with Crippen LogP contribution < -0.4 is 5.32 Å². The van der Waals surface area contributed by atoms with Gasteiger partial charge in [0, 0.05) is 18.4 Å². The van der Waals surface area contributed by atoms with E-state index in [9.17, 15) is 0 Å². The Balaban J connectivity index is 2.47. The normalized spacial score (nSPS) is 13.1. The number of aryl methyl sites for hydroxylation is 1. The summed E-state index contributed by atoms with van der Waals surface area (Å²) in [6, 6.07) is 2.66. The van der Waals surface area contributed by atoms with Crippen molar-refractivity contribution in [2.45, 2.75) is 46.1 Å². The first kappa shape index (κ1) is 12.2. The van der Waals surface area contributed by atoms with Gasteiger partial charge < -0.3 is 5.32 Å². The van der Waals surface area contributed by atoms with Gasteiger partial charge in [0.25, 0.3) is 0 Å². The van der Waals surface area contributed by atoms with Gasteiger partial charge in [0.15, 0.2) is 0 Å². The van der Waals surface area contributed by atoms with Gasteiger partial charge in [-0.3, -0.25) is 4.98 Å². The van der Waals surface area contributed by atoms with Gasteiger partial charge in [0.05, 0.1) is 0 Å². The molecule has 0 bridgehead atoms. The first-order valence-corrected chi connectivity index (χ1v) is 5.75. The first-order valence-electron chi connectivity index (χ1n) is 5.75. The highest BCUT2D eigenvalue weighted by atomic mass is 14.9. The number of hydrogen-bond donors (Lipinski definition) is 1. The van der Waals surface area contributed by atoms with E-state index in [1.165, 1.54) is 17.5 Å². The van der Waals surface area contributed by atoms with E-state index in [2.05, 4.69) is 44.1 Å². The lowest BCUT2D eigenvalue weighted by atomic mass is 9.96. The molecule has 0 spiro atoms. The molecule has 0 fully saturated rings. The van der Waals surface area contributed by atoms with Gasteiger partial charge in [0.2, 0.25) is 0 Å². The Bertz CT molecular complexity index is 294. The van der Waals surface area contributed by atoms with E-state index in [1.807, 2.05) is 12.4 Å². The van der Waals surface area contributed by atoms with Crippen LogP contribution in [0.3, 0.4) is 0 Å². The third-order valence-electron chi connectivity index (χ3n) is 2.74. The molecule has 1 heterocycles. The van der Waals surface area contributed by atoms with Crippen LogP contribution in [0.4, 0.5) is 0 Å². The van der Waals surface area contributed by atoms with Crippen LogP contribution in [-0.4, -0.2) is 17.6 Å². The largest absolute Gasteiger partial charge is 0.315 e. The topological polar surface area (TPSA) is 24.9 Å². The summed E-state index contributed by atoms with van der Waals surface area (Å²) in [6.45, 7) is 9.86. The second-order valence-corrected chi connectivity index (χ2v) is 4.53. The zero-order valence-corrected chi connectivity index (χ0v) is 10.2. The van der Waals surface area contributed by atoms with E-state index in [0.29, 0.717) is 12.0 Å². The summed E-state index contributed by atoms with van der Waals surface area (Å²) in [5.74, 6) is 0.588. The first-order chi connectivity index (χ1) is 7.11. The lowest BCUT2D eigenvalue weighted by Crippen LogP contribution is -2.24. The molecule has 2 heteroatoms. The van der Waals surface area contributed by atoms with Crippen molar-refractivity contribution < 1.29 is 0 Å². The van der Waals surface area contributed by atoms with Gasteiger partial charge in [-0.2, -0.15) is 0 Å². The molecule has 0 aliphatic heterocycles. The van der Waals surface area contributed by atoms with Gasteiger partial charge >= 0.3 is 0 Å². The number of aromatic nitrogens is 1. The summed E-state index contributed by atoms with van der Waals surface area (Å²) in [6.07, 6.45) is 5.03. The van der Waals surface area contributed by atoms with Crippen LogP contribution in [0.5, 0.6) is 0 Å². The molecular weight excluding hydrogens is 184 g/mol. The summed E-state index contributed by atoms with van der Waals surface area (Å²) in [7, 11) is 0. The van der Waals surface area contributed by atoms with Crippen LogP contribution in [-0.2, 0) is 0 Å². The molecule has 15 heavy (non-hydrogen) atoms. The van der Waals surface area contributed by atoms with Gasteiger partial charge in [-0.15, -0.1) is 0 Å². The van der Waals surface area contributed by atoms with Crippen molar-refractivity contribution in [2.24, 2.45) is 0 Å². The number of pyridine rings is 1. The van der Waals surface area contributed by atoms with Crippen molar-refractivity contribution in [3.63, 3.8) is 0 Å². The molecule has 1 N–H and O–H groups in total. The summed E-state index contributed by atoms with van der Waals surface area (Å²) < 4.78 is 0. The number of nitrogens with one attached hydrogen (secondary N) is 1. The fourth-order valence-electron chi connectivity index (χ4n) is 1.74. The fourth-order valence-corrected chi connectivity index (χ4v) is 1.74. The maximum Gasteiger partial charge on any atom is 0.0305 e. The molecule has 0 saturated heterocycles. The molecule has 1 atom stereocenters. The van der Waals surface area contributed by atoms with Crippen molar-refractivity contribution in [1.82, 2.24) is 10.3 Å². The molecule has 1 rings (SSSR count). The van der Waals surface area contributed by atoms with E-state index in [-0.39, 0.29) is 0 Å². The van der Waals surface area contributed by atoms with Crippen LogP contribution in [0.25, 0.3) is 0 Å². The number of rotatable bonds is 5. The van der Waals surface area contributed by atoms with Crippen molar-refractivity contribution in [3.05, 3.63) is 29.6 Å². The molecule has 1 aromatic rings. The van der Waals surface area contributed by atoms with Crippen molar-refractivity contribution in [2.75, 3.05) is 6.54 Å². The maximum absolute atomic E-state index is 4.19. The summed E-state index contributed by atoms with van der Waals surface area (Å²) >= 11 is 0. The molecule has 0 aromatic carbocycles. The van der Waals surface area contributed by atoms with E-state index in [0.717, 1.165) is 6.54 Å². The van der Waals surface area contributed by atoms with Crippen LogP contribution in [0, 0.1) is 6.92 Å². The highest BCUT2D eigenvalue weighted by Gasteiger charge is 2.07. The molecule has 0 saturated carbocycles. The van der Waals surface area contributed by atoms with Gasteiger partial charge in [-0.05, 0) is 43.0 Å². The molecular formula is C13H22N2. The van der Waals surface area contributed by atoms with Crippen LogP contribution in [0.2, 0.25) is 0 Å². The van der Waals surface area contributed by atoms with Crippen molar-refractivity contribution in [1.29, 1.82) is 0 Å². The maximum atomic E-state index is 4.19. The van der Waals surface area contributed by atoms with E-state index < -0.39 is 0 Å². The van der Waals surface area contributed by atoms with E-state index in [1.54, 1.807) is 0 Å². The smallest absolute Gasteiger partial charge is 0.0305 e. The highest BCUT2D eigenvalue weighted by Crippen LogP contribution is 2.20. The van der Waals surface area contributed by atoms with Crippen LogP contribution in [0.1, 0.15) is 44.2 Å². The lowest BCUT2D eigenvalue weighted by Gasteiger charge is -2.15. The van der Waals surface area contributed by atoms with Crippen LogP contribution in [0.15, 0.2) is 18.5 Å². The minimum atomic E-state index is 0.576. The Hall–Kier alpha value is -0.890. The Morgan fingerprint density at radius 1 is 1.33 bits per heavy atom. The average molecular weight is 206 g/mol. The second kappa shape index (κ2) is 5.86. The summed E-state index contributed by atoms with van der Waals surface area (Å²) in [4.78, 5) is 4.19. The zero-order valence-electron chi connectivity index (χ0n) is 10.2. The Labute approximate surface area is 93.1 Å². The summed E-state index contributed by atoms with van der Waals surface area (Å²) in [5.41, 5.74) is 2.73. The third-order valence-corrected chi connectivity index (χ3v) is 2.74. The van der Waals surface area contributed by atoms with Crippen molar-refractivity contribution in [3.8, 4) is 0 Å². The molecule has 0 radical (unpaired) electrons. The molecule has 2 nitrogen and oxygen atoms in total. The molecule has 0 aliphatic carbocycles. The predicted molar refractivity (Wildman–Crippen MR) is 65.1 cm³/mol. The monoisotopic (exact) mass is 206 g/mol. The Kier molecular flexibility index (Phi) is 4.76. The van der Waals surface area contributed by atoms with Crippen molar-refractivity contribution >= 4 is 0 Å². The Morgan fingerprint density at radius 3 is 2.67 bits per heavy atom. The molecule has 0 amide bonds. The molecule has 1 aromatic heterocycles. The zero-order chi connectivity index (χ0) is 11.3. The summed E-state index contributed by atoms with van der Waals surface area (Å²) in [5, 5.41) is 3.45. The van der Waals surface area contributed by atoms with E-state index >= 15 is 0 Å². The fraction of sp³-hybridized carbons (Fsp3) is 0.615. The van der Waals surface area contributed by atoms with Gasteiger partial charge in [0.1, 0.15) is 0 Å². The standard InChI is InChI=1S/C13H22N2/c1-10(2)15-8-6-12(4)13-9-14-7-5-11(13)3/h5,7,9-10,12,15H,6,8H2,1-4H3. The second-order valence-electron chi connectivity index (χ2n) is 4.53. The average Bonchev–Trinajstić information content (AvgIpc) is 2.17. The SMILES string of the molecule is Cc1ccncc1C(C)CCNC(C)C. The van der Waals surface area contributed by atoms with Crippen LogP contribution >= 0.6 is 0 Å². The van der Waals surface area contributed by atoms with Gasteiger partial charge in [-0.25, -0.2) is 0 Å². The molecule has 84 valence electrons. The van der Waals surface area contributed by atoms with E-state index in [4.69, 9.17) is 0 Å². The highest BCUT2D eigenvalue weighted by molar-refractivity contribution is 5.24.